The monoisotopic (exact) mass is 348 g/mol. The van der Waals surface area contributed by atoms with Crippen molar-refractivity contribution in [2.75, 3.05) is 6.54 Å². The second kappa shape index (κ2) is 7.85. The van der Waals surface area contributed by atoms with Crippen LogP contribution in [0.5, 0.6) is 0 Å². The standard InChI is InChI=1S/C19H28N2O4/c1-4-8-14-15(13(3)22)12(2)21-16(14)17(23)20-11-19(18(24)25)9-6-5-7-10-19/h21H,4-11H2,1-3H3,(H,20,23)(H,24,25). The summed E-state index contributed by atoms with van der Waals surface area (Å²) in [7, 11) is 0. The van der Waals surface area contributed by atoms with Crippen LogP contribution >= 0.6 is 0 Å². The SMILES string of the molecule is CCCc1c(C(=O)NCC2(C(=O)O)CCCCC2)[nH]c(C)c1C(C)=O. The number of nitrogens with one attached hydrogen (secondary N) is 2. The lowest BCUT2D eigenvalue weighted by atomic mass is 9.74. The van der Waals surface area contributed by atoms with E-state index in [1.165, 1.54) is 6.92 Å². The summed E-state index contributed by atoms with van der Waals surface area (Å²) in [5.41, 5.74) is 1.52. The number of carboxylic acids is 1. The van der Waals surface area contributed by atoms with Gasteiger partial charge >= 0.3 is 5.97 Å². The third-order valence-electron chi connectivity index (χ3n) is 5.22. The number of ketones is 1. The number of aryl methyl sites for hydroxylation is 1. The molecule has 1 aromatic rings. The lowest BCUT2D eigenvalue weighted by molar-refractivity contribution is -0.150. The Morgan fingerprint density at radius 2 is 1.84 bits per heavy atom. The van der Waals surface area contributed by atoms with Gasteiger partial charge in [-0.1, -0.05) is 32.6 Å². The number of carbonyl (C=O) groups excluding carboxylic acids is 2. The van der Waals surface area contributed by atoms with Gasteiger partial charge in [0.05, 0.1) is 5.41 Å². The molecular formula is C19H28N2O4. The Morgan fingerprint density at radius 1 is 1.20 bits per heavy atom. The van der Waals surface area contributed by atoms with Gasteiger partial charge in [0.25, 0.3) is 5.91 Å². The van der Waals surface area contributed by atoms with Gasteiger partial charge in [0.1, 0.15) is 5.69 Å². The van der Waals surface area contributed by atoms with E-state index in [1.54, 1.807) is 6.92 Å². The maximum absolute atomic E-state index is 12.7. The van der Waals surface area contributed by atoms with Gasteiger partial charge in [0.2, 0.25) is 0 Å². The van der Waals surface area contributed by atoms with Crippen LogP contribution in [0.15, 0.2) is 0 Å². The average Bonchev–Trinajstić information content (AvgIpc) is 2.90. The predicted octanol–water partition coefficient (Wildman–Crippen LogP) is 3.24. The van der Waals surface area contributed by atoms with Crippen molar-refractivity contribution in [3.63, 3.8) is 0 Å². The molecule has 0 unspecified atom stereocenters. The molecule has 0 spiro atoms. The highest BCUT2D eigenvalue weighted by atomic mass is 16.4. The second-order valence-corrected chi connectivity index (χ2v) is 7.11. The Bertz CT molecular complexity index is 669. The smallest absolute Gasteiger partial charge is 0.311 e. The Balaban J connectivity index is 2.22. The third kappa shape index (κ3) is 3.94. The number of carboxylic acid groups (broad SMARTS) is 1. The van der Waals surface area contributed by atoms with Gasteiger partial charge in [0.15, 0.2) is 5.78 Å². The maximum Gasteiger partial charge on any atom is 0.311 e. The van der Waals surface area contributed by atoms with E-state index >= 15 is 0 Å². The van der Waals surface area contributed by atoms with E-state index in [4.69, 9.17) is 0 Å². The van der Waals surface area contributed by atoms with Crippen LogP contribution in [0, 0.1) is 12.3 Å². The number of hydrogen-bond donors (Lipinski definition) is 3. The first kappa shape index (κ1) is 19.2. The fraction of sp³-hybridized carbons (Fsp3) is 0.632. The molecule has 1 aliphatic rings. The lowest BCUT2D eigenvalue weighted by Gasteiger charge is -2.33. The summed E-state index contributed by atoms with van der Waals surface area (Å²) in [6.07, 6.45) is 5.42. The van der Waals surface area contributed by atoms with E-state index in [0.29, 0.717) is 36.2 Å². The quantitative estimate of drug-likeness (QED) is 0.659. The summed E-state index contributed by atoms with van der Waals surface area (Å²) in [6, 6.07) is 0. The predicted molar refractivity (Wildman–Crippen MR) is 95.0 cm³/mol. The molecule has 0 saturated heterocycles. The Labute approximate surface area is 148 Å². The number of Topliss-reactive ketones (excluding diaryl/α,β-unsaturated/α-hetero) is 1. The van der Waals surface area contributed by atoms with Crippen LogP contribution in [0.2, 0.25) is 0 Å². The minimum atomic E-state index is -0.871. The van der Waals surface area contributed by atoms with Crippen molar-refractivity contribution < 1.29 is 19.5 Å². The molecule has 1 amide bonds. The molecule has 0 radical (unpaired) electrons. The van der Waals surface area contributed by atoms with Crippen molar-refractivity contribution in [2.45, 2.75) is 65.7 Å². The highest BCUT2D eigenvalue weighted by Crippen LogP contribution is 2.36. The summed E-state index contributed by atoms with van der Waals surface area (Å²) >= 11 is 0. The number of carbonyl (C=O) groups is 3. The van der Waals surface area contributed by atoms with Crippen molar-refractivity contribution in [3.8, 4) is 0 Å². The zero-order valence-corrected chi connectivity index (χ0v) is 15.3. The molecule has 2 rings (SSSR count). The molecule has 138 valence electrons. The van der Waals surface area contributed by atoms with Crippen LogP contribution < -0.4 is 5.32 Å². The van der Waals surface area contributed by atoms with E-state index in [0.717, 1.165) is 31.2 Å². The summed E-state index contributed by atoms with van der Waals surface area (Å²) in [6.45, 7) is 5.40. The molecule has 1 fully saturated rings. The van der Waals surface area contributed by atoms with E-state index in [-0.39, 0.29) is 18.2 Å². The number of rotatable bonds is 7. The highest BCUT2D eigenvalue weighted by molar-refractivity contribution is 6.02. The maximum atomic E-state index is 12.7. The molecule has 25 heavy (non-hydrogen) atoms. The zero-order valence-electron chi connectivity index (χ0n) is 15.3. The number of aliphatic carboxylic acids is 1. The minimum absolute atomic E-state index is 0.0643. The van der Waals surface area contributed by atoms with Crippen LogP contribution in [-0.4, -0.2) is 34.3 Å². The normalized spacial score (nSPS) is 16.4. The van der Waals surface area contributed by atoms with E-state index in [2.05, 4.69) is 10.3 Å². The molecule has 6 heteroatoms. The molecule has 3 N–H and O–H groups in total. The van der Waals surface area contributed by atoms with E-state index in [1.807, 2.05) is 6.92 Å². The van der Waals surface area contributed by atoms with E-state index in [9.17, 15) is 19.5 Å². The van der Waals surface area contributed by atoms with Gasteiger partial charge in [0, 0.05) is 17.8 Å². The Kier molecular flexibility index (Phi) is 6.03. The van der Waals surface area contributed by atoms with Crippen molar-refractivity contribution in [1.82, 2.24) is 10.3 Å². The van der Waals surface area contributed by atoms with Crippen molar-refractivity contribution in [3.05, 3.63) is 22.5 Å². The minimum Gasteiger partial charge on any atom is -0.481 e. The third-order valence-corrected chi connectivity index (χ3v) is 5.22. The van der Waals surface area contributed by atoms with E-state index < -0.39 is 11.4 Å². The van der Waals surface area contributed by atoms with Crippen LogP contribution in [0.3, 0.4) is 0 Å². The fourth-order valence-electron chi connectivity index (χ4n) is 3.88. The lowest BCUT2D eigenvalue weighted by Crippen LogP contribution is -2.44. The van der Waals surface area contributed by atoms with Crippen molar-refractivity contribution in [2.24, 2.45) is 5.41 Å². The van der Waals surface area contributed by atoms with Gasteiger partial charge in [-0.15, -0.1) is 0 Å². The number of hydrogen-bond acceptors (Lipinski definition) is 3. The molecule has 1 saturated carbocycles. The van der Waals surface area contributed by atoms with Gasteiger partial charge in [-0.3, -0.25) is 14.4 Å². The summed E-state index contributed by atoms with van der Waals surface area (Å²) in [4.78, 5) is 39.4. The molecular weight excluding hydrogens is 320 g/mol. The Hall–Kier alpha value is -2.11. The van der Waals surface area contributed by atoms with Crippen molar-refractivity contribution in [1.29, 1.82) is 0 Å². The first-order valence-electron chi connectivity index (χ1n) is 9.06. The molecule has 0 aliphatic heterocycles. The largest absolute Gasteiger partial charge is 0.481 e. The fourth-order valence-corrected chi connectivity index (χ4v) is 3.88. The first-order valence-corrected chi connectivity index (χ1v) is 9.06. The molecule has 0 aromatic carbocycles. The van der Waals surface area contributed by atoms with Crippen LogP contribution in [-0.2, 0) is 11.2 Å². The van der Waals surface area contributed by atoms with Gasteiger partial charge in [-0.25, -0.2) is 0 Å². The summed E-state index contributed by atoms with van der Waals surface area (Å²) in [5.74, 6) is -1.23. The van der Waals surface area contributed by atoms with Gasteiger partial charge in [-0.2, -0.15) is 0 Å². The first-order chi connectivity index (χ1) is 11.8. The number of aromatic amines is 1. The molecule has 6 nitrogen and oxygen atoms in total. The number of amides is 1. The molecule has 0 bridgehead atoms. The highest BCUT2D eigenvalue weighted by Gasteiger charge is 2.40. The molecule has 1 aliphatic carbocycles. The summed E-state index contributed by atoms with van der Waals surface area (Å²) < 4.78 is 0. The average molecular weight is 348 g/mol. The van der Waals surface area contributed by atoms with Crippen LogP contribution in [0.25, 0.3) is 0 Å². The van der Waals surface area contributed by atoms with Crippen molar-refractivity contribution >= 4 is 17.7 Å². The molecule has 1 heterocycles. The Morgan fingerprint density at radius 3 is 2.36 bits per heavy atom. The number of aromatic nitrogens is 1. The van der Waals surface area contributed by atoms with Crippen LogP contribution in [0.4, 0.5) is 0 Å². The summed E-state index contributed by atoms with van der Waals surface area (Å²) in [5, 5.41) is 12.4. The topological polar surface area (TPSA) is 99.3 Å². The number of H-pyrrole nitrogens is 1. The molecule has 1 aromatic heterocycles. The second-order valence-electron chi connectivity index (χ2n) is 7.11. The molecule has 0 atom stereocenters. The van der Waals surface area contributed by atoms with Crippen LogP contribution in [0.1, 0.15) is 84.5 Å². The van der Waals surface area contributed by atoms with Gasteiger partial charge < -0.3 is 15.4 Å². The zero-order chi connectivity index (χ0) is 18.6. The van der Waals surface area contributed by atoms with Gasteiger partial charge in [-0.05, 0) is 38.7 Å².